The van der Waals surface area contributed by atoms with Crippen LogP contribution in [-0.2, 0) is 9.47 Å². The maximum Gasteiger partial charge on any atom is 0.0796 e. The molecule has 0 bridgehead atoms. The Balaban J connectivity index is 0. The fourth-order valence-electron chi connectivity index (χ4n) is 0.700. The Kier molecular flexibility index (Phi) is 15.9. The molecule has 4 nitrogen and oxygen atoms in total. The van der Waals surface area contributed by atoms with Crippen LogP contribution in [0.1, 0.15) is 27.7 Å². The number of hydrogen-bond acceptors (Lipinski definition) is 4. The van der Waals surface area contributed by atoms with Gasteiger partial charge in [0.15, 0.2) is 0 Å². The van der Waals surface area contributed by atoms with E-state index in [4.69, 9.17) is 15.2 Å². The first-order valence-corrected chi connectivity index (χ1v) is 5.72. The summed E-state index contributed by atoms with van der Waals surface area (Å²) in [6, 6.07) is 0. The van der Waals surface area contributed by atoms with Gasteiger partial charge in [-0.15, -0.1) is 0 Å². The van der Waals surface area contributed by atoms with Gasteiger partial charge in [-0.2, -0.15) is 0 Å². The topological polar surface area (TPSA) is 64.7 Å². The van der Waals surface area contributed by atoms with Crippen molar-refractivity contribution in [2.45, 2.75) is 33.8 Å². The molecule has 0 aromatic rings. The Bertz CT molecular complexity index is 110. The Morgan fingerprint density at radius 3 is 2.07 bits per heavy atom. The SMILES string of the molecule is CC.CC(C)C(O)COCCOCCN. The summed E-state index contributed by atoms with van der Waals surface area (Å²) >= 11 is 0. The molecule has 0 aromatic carbocycles. The largest absolute Gasteiger partial charge is 0.390 e. The molecule has 0 saturated carbocycles. The van der Waals surface area contributed by atoms with Gasteiger partial charge in [-0.25, -0.2) is 0 Å². The second-order valence-electron chi connectivity index (χ2n) is 3.29. The number of aliphatic hydroxyl groups excluding tert-OH is 1. The molecular weight excluding hydrogens is 194 g/mol. The lowest BCUT2D eigenvalue weighted by atomic mass is 10.1. The normalized spacial score (nSPS) is 12.2. The predicted octanol–water partition coefficient (Wildman–Crippen LogP) is 1.02. The molecule has 0 aromatic heterocycles. The van der Waals surface area contributed by atoms with E-state index in [9.17, 15) is 5.11 Å². The Labute approximate surface area is 93.8 Å². The van der Waals surface area contributed by atoms with E-state index in [0.29, 0.717) is 33.0 Å². The monoisotopic (exact) mass is 221 g/mol. The maximum atomic E-state index is 9.34. The second-order valence-corrected chi connectivity index (χ2v) is 3.29. The number of aliphatic hydroxyl groups is 1. The lowest BCUT2D eigenvalue weighted by molar-refractivity contribution is -0.0102. The molecule has 0 radical (unpaired) electrons. The Hall–Kier alpha value is -0.160. The molecule has 1 unspecified atom stereocenters. The summed E-state index contributed by atoms with van der Waals surface area (Å²) in [5.41, 5.74) is 5.23. The first-order chi connectivity index (χ1) is 7.18. The zero-order valence-electron chi connectivity index (χ0n) is 10.5. The minimum Gasteiger partial charge on any atom is -0.390 e. The highest BCUT2D eigenvalue weighted by molar-refractivity contribution is 4.57. The van der Waals surface area contributed by atoms with E-state index in [1.54, 1.807) is 0 Å². The highest BCUT2D eigenvalue weighted by atomic mass is 16.5. The lowest BCUT2D eigenvalue weighted by Gasteiger charge is -2.14. The summed E-state index contributed by atoms with van der Waals surface area (Å²) in [5.74, 6) is 0.241. The molecule has 15 heavy (non-hydrogen) atoms. The summed E-state index contributed by atoms with van der Waals surface area (Å²) < 4.78 is 10.3. The molecule has 0 amide bonds. The van der Waals surface area contributed by atoms with E-state index < -0.39 is 0 Å². The first kappa shape index (κ1) is 17.2. The quantitative estimate of drug-likeness (QED) is 0.601. The van der Waals surface area contributed by atoms with Gasteiger partial charge in [-0.05, 0) is 5.92 Å². The van der Waals surface area contributed by atoms with Crippen LogP contribution in [-0.4, -0.2) is 44.2 Å². The van der Waals surface area contributed by atoms with Gasteiger partial charge in [0.05, 0.1) is 32.5 Å². The van der Waals surface area contributed by atoms with E-state index in [0.717, 1.165) is 0 Å². The van der Waals surface area contributed by atoms with Crippen molar-refractivity contribution in [1.82, 2.24) is 0 Å². The maximum absolute atomic E-state index is 9.34. The van der Waals surface area contributed by atoms with Gasteiger partial charge in [0.1, 0.15) is 0 Å². The minimum absolute atomic E-state index is 0.241. The number of nitrogens with two attached hydrogens (primary N) is 1. The number of hydrogen-bond donors (Lipinski definition) is 2. The van der Waals surface area contributed by atoms with Crippen molar-refractivity contribution in [1.29, 1.82) is 0 Å². The molecule has 0 fully saturated rings. The van der Waals surface area contributed by atoms with Crippen LogP contribution in [0.3, 0.4) is 0 Å². The third kappa shape index (κ3) is 13.8. The van der Waals surface area contributed by atoms with Crippen molar-refractivity contribution < 1.29 is 14.6 Å². The van der Waals surface area contributed by atoms with Gasteiger partial charge in [0.2, 0.25) is 0 Å². The zero-order valence-corrected chi connectivity index (χ0v) is 10.5. The summed E-state index contributed by atoms with van der Waals surface area (Å²) in [6.07, 6.45) is -0.380. The van der Waals surface area contributed by atoms with Crippen molar-refractivity contribution in [3.63, 3.8) is 0 Å². The van der Waals surface area contributed by atoms with E-state index in [1.807, 2.05) is 27.7 Å². The molecule has 3 N–H and O–H groups in total. The average Bonchev–Trinajstić information content (AvgIpc) is 2.25. The molecule has 0 aliphatic rings. The molecule has 0 heterocycles. The van der Waals surface area contributed by atoms with Crippen LogP contribution in [0.4, 0.5) is 0 Å². The second kappa shape index (κ2) is 13.8. The fraction of sp³-hybridized carbons (Fsp3) is 1.00. The van der Waals surface area contributed by atoms with Crippen LogP contribution < -0.4 is 5.73 Å². The van der Waals surface area contributed by atoms with Crippen LogP contribution in [0.5, 0.6) is 0 Å². The van der Waals surface area contributed by atoms with E-state index in [1.165, 1.54) is 0 Å². The van der Waals surface area contributed by atoms with Gasteiger partial charge in [-0.1, -0.05) is 27.7 Å². The third-order valence-electron chi connectivity index (χ3n) is 1.69. The molecule has 1 atom stereocenters. The van der Waals surface area contributed by atoms with Gasteiger partial charge < -0.3 is 20.3 Å². The lowest BCUT2D eigenvalue weighted by Crippen LogP contribution is -2.23. The smallest absolute Gasteiger partial charge is 0.0796 e. The van der Waals surface area contributed by atoms with Crippen LogP contribution >= 0.6 is 0 Å². The summed E-state index contributed by atoms with van der Waals surface area (Å²) in [4.78, 5) is 0. The van der Waals surface area contributed by atoms with E-state index in [-0.39, 0.29) is 12.0 Å². The van der Waals surface area contributed by atoms with Crippen molar-refractivity contribution in [2.75, 3.05) is 33.0 Å². The van der Waals surface area contributed by atoms with E-state index in [2.05, 4.69) is 0 Å². The van der Waals surface area contributed by atoms with Crippen LogP contribution in [0.25, 0.3) is 0 Å². The van der Waals surface area contributed by atoms with Gasteiger partial charge in [-0.3, -0.25) is 0 Å². The first-order valence-electron chi connectivity index (χ1n) is 5.72. The Morgan fingerprint density at radius 1 is 1.07 bits per heavy atom. The summed E-state index contributed by atoms with van der Waals surface area (Å²) in [7, 11) is 0. The zero-order chi connectivity index (χ0) is 12.1. The van der Waals surface area contributed by atoms with Crippen molar-refractivity contribution in [3.05, 3.63) is 0 Å². The molecule has 0 rings (SSSR count). The number of rotatable bonds is 8. The third-order valence-corrected chi connectivity index (χ3v) is 1.69. The fourth-order valence-corrected chi connectivity index (χ4v) is 0.700. The van der Waals surface area contributed by atoms with Crippen LogP contribution in [0, 0.1) is 5.92 Å². The van der Waals surface area contributed by atoms with Crippen molar-refractivity contribution >= 4 is 0 Å². The van der Waals surface area contributed by atoms with Crippen molar-refractivity contribution in [2.24, 2.45) is 11.7 Å². The van der Waals surface area contributed by atoms with Gasteiger partial charge >= 0.3 is 0 Å². The highest BCUT2D eigenvalue weighted by Crippen LogP contribution is 2.00. The summed E-state index contributed by atoms with van der Waals surface area (Å²) in [6.45, 7) is 10.5. The molecule has 0 aliphatic heterocycles. The summed E-state index contributed by atoms with van der Waals surface area (Å²) in [5, 5.41) is 9.34. The minimum atomic E-state index is -0.380. The molecule has 0 aliphatic carbocycles. The van der Waals surface area contributed by atoms with Crippen LogP contribution in [0.15, 0.2) is 0 Å². The molecule has 94 valence electrons. The highest BCUT2D eigenvalue weighted by Gasteiger charge is 2.08. The standard InChI is InChI=1S/C9H21NO3.C2H6/c1-8(2)9(11)7-13-6-5-12-4-3-10;1-2/h8-9,11H,3-7,10H2,1-2H3;1-2H3. The number of ether oxygens (including phenoxy) is 2. The average molecular weight is 221 g/mol. The van der Waals surface area contributed by atoms with Crippen molar-refractivity contribution in [3.8, 4) is 0 Å². The Morgan fingerprint density at radius 2 is 1.60 bits per heavy atom. The molecule has 0 saturated heterocycles. The predicted molar refractivity (Wildman–Crippen MR) is 62.9 cm³/mol. The van der Waals surface area contributed by atoms with Gasteiger partial charge in [0, 0.05) is 6.54 Å². The molecule has 4 heteroatoms. The van der Waals surface area contributed by atoms with Crippen LogP contribution in [0.2, 0.25) is 0 Å². The van der Waals surface area contributed by atoms with Gasteiger partial charge in [0.25, 0.3) is 0 Å². The molecular formula is C11H27NO3. The van der Waals surface area contributed by atoms with E-state index >= 15 is 0 Å². The molecule has 0 spiro atoms.